The minimum Gasteiger partial charge on any atom is -0.312 e. The van der Waals surface area contributed by atoms with E-state index in [1.54, 1.807) is 0 Å². The van der Waals surface area contributed by atoms with Crippen molar-refractivity contribution in [2.24, 2.45) is 5.92 Å². The third kappa shape index (κ3) is 3.67. The topological polar surface area (TPSA) is 18.5 Å². The quantitative estimate of drug-likeness (QED) is 0.803. The number of hydrogen-bond acceptors (Lipinski definition) is 3. The van der Waals surface area contributed by atoms with Gasteiger partial charge in [-0.1, -0.05) is 13.3 Å². The normalized spacial score (nSPS) is 37.2. The molecular formula is C14H29N3. The van der Waals surface area contributed by atoms with Gasteiger partial charge in [0.2, 0.25) is 0 Å². The lowest BCUT2D eigenvalue weighted by atomic mass is 9.93. The van der Waals surface area contributed by atoms with Gasteiger partial charge in [-0.15, -0.1) is 0 Å². The zero-order chi connectivity index (χ0) is 12.3. The maximum absolute atomic E-state index is 3.82. The molecular weight excluding hydrogens is 210 g/mol. The molecule has 0 aliphatic carbocycles. The van der Waals surface area contributed by atoms with Crippen LogP contribution in [-0.4, -0.2) is 62.2 Å². The Bertz CT molecular complexity index is 232. The number of hydrogen-bond donors (Lipinski definition) is 1. The number of nitrogens with zero attached hydrogens (tertiary/aromatic N) is 2. The first-order valence-electron chi connectivity index (χ1n) is 7.29. The molecule has 100 valence electrons. The van der Waals surface area contributed by atoms with E-state index in [0.29, 0.717) is 0 Å². The standard InChI is InChI=1S/C14H29N3/c1-12-11-16(2)9-7-14(12)15-10-13-6-4-5-8-17(13)3/h12-15H,4-11H2,1-3H3. The Kier molecular flexibility index (Phi) is 4.83. The maximum Gasteiger partial charge on any atom is 0.0217 e. The first-order chi connectivity index (χ1) is 8.16. The van der Waals surface area contributed by atoms with Crippen molar-refractivity contribution in [2.75, 3.05) is 40.3 Å². The lowest BCUT2D eigenvalue weighted by molar-refractivity contribution is 0.145. The van der Waals surface area contributed by atoms with Crippen molar-refractivity contribution in [3.8, 4) is 0 Å². The molecule has 1 N–H and O–H groups in total. The Morgan fingerprint density at radius 2 is 1.94 bits per heavy atom. The zero-order valence-electron chi connectivity index (χ0n) is 11.8. The van der Waals surface area contributed by atoms with E-state index in [9.17, 15) is 0 Å². The van der Waals surface area contributed by atoms with E-state index >= 15 is 0 Å². The molecule has 3 unspecified atom stereocenters. The van der Waals surface area contributed by atoms with Crippen molar-refractivity contribution in [1.29, 1.82) is 0 Å². The van der Waals surface area contributed by atoms with Crippen LogP contribution in [0.2, 0.25) is 0 Å². The van der Waals surface area contributed by atoms with Gasteiger partial charge in [-0.3, -0.25) is 0 Å². The lowest BCUT2D eigenvalue weighted by Gasteiger charge is -2.38. The Morgan fingerprint density at radius 1 is 1.12 bits per heavy atom. The summed E-state index contributed by atoms with van der Waals surface area (Å²) >= 11 is 0. The van der Waals surface area contributed by atoms with Crippen LogP contribution in [-0.2, 0) is 0 Å². The van der Waals surface area contributed by atoms with E-state index in [4.69, 9.17) is 0 Å². The minimum atomic E-state index is 0.738. The van der Waals surface area contributed by atoms with Gasteiger partial charge < -0.3 is 15.1 Å². The molecule has 0 aromatic heterocycles. The van der Waals surface area contributed by atoms with Crippen LogP contribution >= 0.6 is 0 Å². The Hall–Kier alpha value is -0.120. The van der Waals surface area contributed by atoms with Crippen LogP contribution in [0.15, 0.2) is 0 Å². The maximum atomic E-state index is 3.82. The molecule has 3 nitrogen and oxygen atoms in total. The van der Waals surface area contributed by atoms with Gasteiger partial charge in [0.25, 0.3) is 0 Å². The van der Waals surface area contributed by atoms with Crippen molar-refractivity contribution in [1.82, 2.24) is 15.1 Å². The summed E-state index contributed by atoms with van der Waals surface area (Å²) in [6.07, 6.45) is 5.50. The van der Waals surface area contributed by atoms with Gasteiger partial charge in [0, 0.05) is 25.2 Å². The summed E-state index contributed by atoms with van der Waals surface area (Å²) in [5.41, 5.74) is 0. The fourth-order valence-electron chi connectivity index (χ4n) is 3.35. The van der Waals surface area contributed by atoms with Gasteiger partial charge in [0.05, 0.1) is 0 Å². The number of rotatable bonds is 3. The minimum absolute atomic E-state index is 0.738. The number of piperidine rings is 2. The number of likely N-dealkylation sites (tertiary alicyclic amines) is 2. The van der Waals surface area contributed by atoms with Gasteiger partial charge in [0.15, 0.2) is 0 Å². The van der Waals surface area contributed by atoms with Gasteiger partial charge in [0.1, 0.15) is 0 Å². The van der Waals surface area contributed by atoms with Crippen molar-refractivity contribution in [3.63, 3.8) is 0 Å². The van der Waals surface area contributed by atoms with Crippen LogP contribution in [0.4, 0.5) is 0 Å². The number of nitrogens with one attached hydrogen (secondary N) is 1. The Morgan fingerprint density at radius 3 is 2.65 bits per heavy atom. The third-order valence-corrected chi connectivity index (χ3v) is 4.65. The molecule has 0 saturated carbocycles. The van der Waals surface area contributed by atoms with Crippen molar-refractivity contribution < 1.29 is 0 Å². The summed E-state index contributed by atoms with van der Waals surface area (Å²) in [6, 6.07) is 1.51. The predicted molar refractivity (Wildman–Crippen MR) is 73.3 cm³/mol. The van der Waals surface area contributed by atoms with E-state index in [0.717, 1.165) is 18.0 Å². The fraction of sp³-hybridized carbons (Fsp3) is 1.00. The summed E-state index contributed by atoms with van der Waals surface area (Å²) in [6.45, 7) is 7.36. The average molecular weight is 239 g/mol. The molecule has 0 aromatic rings. The molecule has 2 rings (SSSR count). The molecule has 2 aliphatic rings. The second-order valence-electron chi connectivity index (χ2n) is 6.17. The second kappa shape index (κ2) is 6.17. The van der Waals surface area contributed by atoms with Crippen LogP contribution in [0.3, 0.4) is 0 Å². The molecule has 17 heavy (non-hydrogen) atoms. The van der Waals surface area contributed by atoms with Gasteiger partial charge in [-0.25, -0.2) is 0 Å². The summed E-state index contributed by atoms with van der Waals surface area (Å²) in [5, 5.41) is 3.82. The fourth-order valence-corrected chi connectivity index (χ4v) is 3.35. The monoisotopic (exact) mass is 239 g/mol. The molecule has 0 aromatic carbocycles. The van der Waals surface area contributed by atoms with Gasteiger partial charge in [-0.05, 0) is 52.4 Å². The van der Waals surface area contributed by atoms with Crippen LogP contribution in [0, 0.1) is 5.92 Å². The number of likely N-dealkylation sites (N-methyl/N-ethyl adjacent to an activating group) is 1. The highest BCUT2D eigenvalue weighted by Crippen LogP contribution is 2.18. The zero-order valence-corrected chi connectivity index (χ0v) is 11.8. The van der Waals surface area contributed by atoms with Gasteiger partial charge in [-0.2, -0.15) is 0 Å². The van der Waals surface area contributed by atoms with Crippen LogP contribution in [0.25, 0.3) is 0 Å². The van der Waals surface area contributed by atoms with E-state index in [1.165, 1.54) is 51.9 Å². The molecule has 3 heteroatoms. The molecule has 0 bridgehead atoms. The molecule has 3 atom stereocenters. The highest BCUT2D eigenvalue weighted by Gasteiger charge is 2.25. The summed E-state index contributed by atoms with van der Waals surface area (Å²) < 4.78 is 0. The van der Waals surface area contributed by atoms with Gasteiger partial charge >= 0.3 is 0 Å². The van der Waals surface area contributed by atoms with Crippen LogP contribution in [0.5, 0.6) is 0 Å². The largest absolute Gasteiger partial charge is 0.312 e. The summed E-state index contributed by atoms with van der Waals surface area (Å²) in [5.74, 6) is 0.794. The molecule has 2 saturated heterocycles. The molecule has 2 aliphatic heterocycles. The first-order valence-corrected chi connectivity index (χ1v) is 7.29. The van der Waals surface area contributed by atoms with E-state index < -0.39 is 0 Å². The highest BCUT2D eigenvalue weighted by atomic mass is 15.2. The Balaban J connectivity index is 1.73. The molecule has 0 radical (unpaired) electrons. The highest BCUT2D eigenvalue weighted by molar-refractivity contribution is 4.84. The smallest absolute Gasteiger partial charge is 0.0217 e. The average Bonchev–Trinajstić information content (AvgIpc) is 2.30. The van der Waals surface area contributed by atoms with Crippen molar-refractivity contribution in [2.45, 2.75) is 44.7 Å². The Labute approximate surface area is 107 Å². The van der Waals surface area contributed by atoms with Crippen LogP contribution in [0.1, 0.15) is 32.6 Å². The lowest BCUT2D eigenvalue weighted by Crippen LogP contribution is -2.51. The second-order valence-corrected chi connectivity index (χ2v) is 6.17. The van der Waals surface area contributed by atoms with Crippen molar-refractivity contribution in [3.05, 3.63) is 0 Å². The molecule has 2 fully saturated rings. The molecule has 2 heterocycles. The van der Waals surface area contributed by atoms with Crippen LogP contribution < -0.4 is 5.32 Å². The third-order valence-electron chi connectivity index (χ3n) is 4.65. The van der Waals surface area contributed by atoms with E-state index in [1.807, 2.05) is 0 Å². The predicted octanol–water partition coefficient (Wildman–Crippen LogP) is 1.40. The van der Waals surface area contributed by atoms with Crippen molar-refractivity contribution >= 4 is 0 Å². The summed E-state index contributed by atoms with van der Waals surface area (Å²) in [4.78, 5) is 4.99. The molecule has 0 amide bonds. The first kappa shape index (κ1) is 13.3. The van der Waals surface area contributed by atoms with E-state index in [2.05, 4.69) is 36.1 Å². The molecule has 0 spiro atoms. The van der Waals surface area contributed by atoms with E-state index in [-0.39, 0.29) is 0 Å². The SMILES string of the molecule is CC1CN(C)CCC1NCC1CCCCN1C. The summed E-state index contributed by atoms with van der Waals surface area (Å²) in [7, 11) is 4.52.